The molecule has 0 aromatic heterocycles. The summed E-state index contributed by atoms with van der Waals surface area (Å²) in [6.07, 6.45) is -7.44. The average molecular weight is 674 g/mol. The Bertz CT molecular complexity index is 1370. The SMILES string of the molecule is CC(C)(C)OC(=O)N1CC[C@H](Cc2cccc(C(F)(F)F)c2)C1.CN(c1cccc(C(F)(F)F)c1)[C@H]1CCN(C(=O)OC(C)(C)C)C1. The fourth-order valence-corrected chi connectivity index (χ4v) is 5.36. The Balaban J connectivity index is 0.000000256. The van der Waals surface area contributed by atoms with E-state index in [0.717, 1.165) is 24.6 Å². The van der Waals surface area contributed by atoms with E-state index in [1.807, 2.05) is 0 Å². The molecule has 7 nitrogen and oxygen atoms in total. The highest BCUT2D eigenvalue weighted by Crippen LogP contribution is 2.33. The number of carbonyl (C=O) groups is 2. The first kappa shape index (κ1) is 37.8. The molecule has 2 atom stereocenters. The van der Waals surface area contributed by atoms with Crippen LogP contribution < -0.4 is 4.90 Å². The third kappa shape index (κ3) is 11.8. The van der Waals surface area contributed by atoms with E-state index >= 15 is 0 Å². The van der Waals surface area contributed by atoms with E-state index in [1.54, 1.807) is 75.4 Å². The first-order chi connectivity index (χ1) is 21.5. The van der Waals surface area contributed by atoms with Crippen molar-refractivity contribution in [1.29, 1.82) is 0 Å². The van der Waals surface area contributed by atoms with Crippen LogP contribution in [-0.2, 0) is 28.2 Å². The van der Waals surface area contributed by atoms with Crippen molar-refractivity contribution in [1.82, 2.24) is 9.80 Å². The molecule has 47 heavy (non-hydrogen) atoms. The van der Waals surface area contributed by atoms with Gasteiger partial charge in [0.1, 0.15) is 11.2 Å². The molecular formula is C34H45F6N3O4. The number of hydrogen-bond acceptors (Lipinski definition) is 5. The number of halogens is 6. The zero-order valence-corrected chi connectivity index (χ0v) is 28.0. The van der Waals surface area contributed by atoms with Gasteiger partial charge in [-0.2, -0.15) is 26.3 Å². The molecule has 2 aliphatic rings. The highest BCUT2D eigenvalue weighted by Gasteiger charge is 2.35. The number of anilines is 1. The van der Waals surface area contributed by atoms with Crippen LogP contribution in [0.25, 0.3) is 0 Å². The minimum absolute atomic E-state index is 0.0407. The monoisotopic (exact) mass is 673 g/mol. The average Bonchev–Trinajstić information content (AvgIpc) is 3.61. The van der Waals surface area contributed by atoms with Crippen LogP contribution in [0.4, 0.5) is 41.6 Å². The fourth-order valence-electron chi connectivity index (χ4n) is 5.36. The topological polar surface area (TPSA) is 62.3 Å². The zero-order valence-electron chi connectivity index (χ0n) is 28.0. The van der Waals surface area contributed by atoms with Gasteiger partial charge < -0.3 is 24.2 Å². The summed E-state index contributed by atoms with van der Waals surface area (Å²) in [5.41, 5.74) is -1.28. The van der Waals surface area contributed by atoms with Crippen molar-refractivity contribution >= 4 is 17.9 Å². The van der Waals surface area contributed by atoms with Crippen molar-refractivity contribution in [2.75, 3.05) is 38.1 Å². The van der Waals surface area contributed by atoms with Gasteiger partial charge in [-0.15, -0.1) is 0 Å². The van der Waals surface area contributed by atoms with Crippen LogP contribution in [0, 0.1) is 5.92 Å². The molecule has 262 valence electrons. The van der Waals surface area contributed by atoms with Gasteiger partial charge in [-0.05, 0) is 96.6 Å². The molecule has 4 rings (SSSR count). The maximum Gasteiger partial charge on any atom is 0.416 e. The smallest absolute Gasteiger partial charge is 0.416 e. The van der Waals surface area contributed by atoms with Crippen LogP contribution in [-0.4, -0.2) is 72.5 Å². The lowest BCUT2D eigenvalue weighted by Crippen LogP contribution is -2.39. The number of alkyl halides is 6. The highest BCUT2D eigenvalue weighted by atomic mass is 19.4. The maximum atomic E-state index is 12.8. The van der Waals surface area contributed by atoms with Crippen molar-refractivity contribution in [2.24, 2.45) is 5.92 Å². The van der Waals surface area contributed by atoms with Crippen molar-refractivity contribution in [3.63, 3.8) is 0 Å². The molecule has 2 fully saturated rings. The van der Waals surface area contributed by atoms with Crippen molar-refractivity contribution < 1.29 is 45.4 Å². The molecule has 0 unspecified atom stereocenters. The summed E-state index contributed by atoms with van der Waals surface area (Å²) in [5, 5.41) is 0. The van der Waals surface area contributed by atoms with Gasteiger partial charge in [0.15, 0.2) is 0 Å². The number of amides is 2. The van der Waals surface area contributed by atoms with Gasteiger partial charge in [-0.3, -0.25) is 0 Å². The van der Waals surface area contributed by atoms with Crippen LogP contribution >= 0.6 is 0 Å². The van der Waals surface area contributed by atoms with Crippen molar-refractivity contribution in [3.05, 3.63) is 65.2 Å². The summed E-state index contributed by atoms with van der Waals surface area (Å²) in [6.45, 7) is 12.9. The van der Waals surface area contributed by atoms with Gasteiger partial charge >= 0.3 is 24.5 Å². The van der Waals surface area contributed by atoms with Crippen LogP contribution in [0.3, 0.4) is 0 Å². The molecule has 13 heteroatoms. The van der Waals surface area contributed by atoms with E-state index < -0.39 is 34.7 Å². The summed E-state index contributed by atoms with van der Waals surface area (Å²) in [6, 6.07) is 10.6. The summed E-state index contributed by atoms with van der Waals surface area (Å²) in [7, 11) is 1.75. The van der Waals surface area contributed by atoms with E-state index in [0.29, 0.717) is 50.3 Å². The highest BCUT2D eigenvalue weighted by molar-refractivity contribution is 5.69. The summed E-state index contributed by atoms with van der Waals surface area (Å²) in [4.78, 5) is 29.1. The standard InChI is InChI=1S/C17H23F3N2O2.C17H22F3NO2/c1-16(2,3)24-15(23)22-9-8-14(11-22)21(4)13-7-5-6-12(10-13)17(18,19)20;1-16(2,3)23-15(22)21-8-7-13(11-21)9-12-5-4-6-14(10-12)17(18,19)20/h5-7,10,14H,8-9,11H2,1-4H3;4-6,10,13H,7-9,11H2,1-3H3/t14-;13-/m01/s1. The van der Waals surface area contributed by atoms with Gasteiger partial charge in [-0.1, -0.05) is 24.3 Å². The molecule has 0 N–H and O–H groups in total. The molecular weight excluding hydrogens is 628 g/mol. The number of benzene rings is 2. The molecule has 0 saturated carbocycles. The second kappa shape index (κ2) is 14.6. The van der Waals surface area contributed by atoms with Gasteiger partial charge in [-0.25, -0.2) is 9.59 Å². The number of ether oxygens (including phenoxy) is 2. The summed E-state index contributed by atoms with van der Waals surface area (Å²) < 4.78 is 87.4. The fraction of sp³-hybridized carbons (Fsp3) is 0.588. The molecule has 0 bridgehead atoms. The van der Waals surface area contributed by atoms with E-state index in [1.165, 1.54) is 18.2 Å². The second-order valence-electron chi connectivity index (χ2n) is 14.0. The Labute approximate surface area is 272 Å². The Morgan fingerprint density at radius 2 is 1.23 bits per heavy atom. The number of carbonyl (C=O) groups excluding carboxylic acids is 2. The van der Waals surface area contributed by atoms with Crippen LogP contribution in [0.2, 0.25) is 0 Å². The number of rotatable bonds is 4. The Morgan fingerprint density at radius 3 is 1.77 bits per heavy atom. The molecule has 2 aliphatic heterocycles. The van der Waals surface area contributed by atoms with Gasteiger partial charge in [0.25, 0.3) is 0 Å². The number of nitrogens with zero attached hydrogens (tertiary/aromatic N) is 3. The molecule has 0 radical (unpaired) electrons. The number of likely N-dealkylation sites (tertiary alicyclic amines) is 2. The predicted molar refractivity (Wildman–Crippen MR) is 167 cm³/mol. The summed E-state index contributed by atoms with van der Waals surface area (Å²) in [5.74, 6) is 0.158. The first-order valence-electron chi connectivity index (χ1n) is 15.5. The Hall–Kier alpha value is -3.64. The third-order valence-corrected chi connectivity index (χ3v) is 7.66. The molecule has 0 aliphatic carbocycles. The van der Waals surface area contributed by atoms with Crippen molar-refractivity contribution in [2.45, 2.75) is 90.4 Å². The number of likely N-dealkylation sites (N-methyl/N-ethyl adjacent to an activating group) is 1. The molecule has 2 amide bonds. The van der Waals surface area contributed by atoms with Crippen LogP contribution in [0.5, 0.6) is 0 Å². The third-order valence-electron chi connectivity index (χ3n) is 7.66. The zero-order chi connectivity index (χ0) is 35.4. The normalized spacial score (nSPS) is 18.8. The molecule has 2 saturated heterocycles. The first-order valence-corrected chi connectivity index (χ1v) is 15.5. The lowest BCUT2D eigenvalue weighted by atomic mass is 9.97. The Kier molecular flexibility index (Phi) is 11.8. The second-order valence-corrected chi connectivity index (χ2v) is 14.0. The number of hydrogen-bond donors (Lipinski definition) is 0. The minimum atomic E-state index is -4.37. The van der Waals surface area contributed by atoms with E-state index in [9.17, 15) is 35.9 Å². The lowest BCUT2D eigenvalue weighted by Gasteiger charge is -2.28. The van der Waals surface area contributed by atoms with Gasteiger partial charge in [0.2, 0.25) is 0 Å². The van der Waals surface area contributed by atoms with Gasteiger partial charge in [0, 0.05) is 45.0 Å². The maximum absolute atomic E-state index is 12.8. The van der Waals surface area contributed by atoms with E-state index in [-0.39, 0.29) is 24.1 Å². The van der Waals surface area contributed by atoms with E-state index in [2.05, 4.69) is 0 Å². The Morgan fingerprint density at radius 1 is 0.745 bits per heavy atom. The molecule has 2 aromatic rings. The van der Waals surface area contributed by atoms with Crippen molar-refractivity contribution in [3.8, 4) is 0 Å². The predicted octanol–water partition coefficient (Wildman–Crippen LogP) is 8.66. The minimum Gasteiger partial charge on any atom is -0.444 e. The summed E-state index contributed by atoms with van der Waals surface area (Å²) >= 11 is 0. The van der Waals surface area contributed by atoms with Crippen LogP contribution in [0.15, 0.2) is 48.5 Å². The quantitative estimate of drug-likeness (QED) is 0.304. The molecule has 2 heterocycles. The van der Waals surface area contributed by atoms with Gasteiger partial charge in [0.05, 0.1) is 11.1 Å². The molecule has 0 spiro atoms. The largest absolute Gasteiger partial charge is 0.444 e. The van der Waals surface area contributed by atoms with Crippen LogP contribution in [0.1, 0.15) is 71.1 Å². The van der Waals surface area contributed by atoms with E-state index in [4.69, 9.17) is 9.47 Å². The lowest BCUT2D eigenvalue weighted by molar-refractivity contribution is -0.138. The molecule has 2 aromatic carbocycles.